The van der Waals surface area contributed by atoms with Gasteiger partial charge in [-0.05, 0) is 69.3 Å². The summed E-state index contributed by atoms with van der Waals surface area (Å²) in [7, 11) is 0. The summed E-state index contributed by atoms with van der Waals surface area (Å²) >= 11 is 0. The summed E-state index contributed by atoms with van der Waals surface area (Å²) in [6.45, 7) is 8.27. The molecule has 0 unspecified atom stereocenters. The molecule has 0 spiro atoms. The molecule has 28 heavy (non-hydrogen) atoms. The summed E-state index contributed by atoms with van der Waals surface area (Å²) in [5.74, 6) is 0.582. The van der Waals surface area contributed by atoms with Gasteiger partial charge in [0.25, 0.3) is 5.91 Å². The third kappa shape index (κ3) is 4.88. The van der Waals surface area contributed by atoms with E-state index < -0.39 is 0 Å². The number of nitrogens with zero attached hydrogens (tertiary/aromatic N) is 2. The van der Waals surface area contributed by atoms with E-state index >= 15 is 0 Å². The molecule has 0 saturated heterocycles. The zero-order valence-electron chi connectivity index (χ0n) is 16.6. The van der Waals surface area contributed by atoms with E-state index in [1.54, 1.807) is 6.20 Å². The molecule has 0 aliphatic rings. The summed E-state index contributed by atoms with van der Waals surface area (Å²) in [5.41, 5.74) is 4.59. The molecule has 0 atom stereocenters. The Kier molecular flexibility index (Phi) is 6.27. The third-order valence-electron chi connectivity index (χ3n) is 4.60. The largest absolute Gasteiger partial charge is 0.372 e. The van der Waals surface area contributed by atoms with Crippen molar-refractivity contribution in [1.82, 2.24) is 4.98 Å². The number of rotatable bonds is 7. The first-order chi connectivity index (χ1) is 13.6. The second-order valence-corrected chi connectivity index (χ2v) is 6.60. The maximum atomic E-state index is 12.3. The van der Waals surface area contributed by atoms with Gasteiger partial charge in [-0.2, -0.15) is 0 Å². The molecule has 1 aromatic heterocycles. The van der Waals surface area contributed by atoms with Gasteiger partial charge in [-0.1, -0.05) is 17.7 Å². The summed E-state index contributed by atoms with van der Waals surface area (Å²) in [6.07, 6.45) is 1.65. The molecule has 0 aliphatic carbocycles. The minimum atomic E-state index is -0.144. The smallest absolute Gasteiger partial charge is 0.255 e. The fourth-order valence-electron chi connectivity index (χ4n) is 2.94. The van der Waals surface area contributed by atoms with Crippen molar-refractivity contribution in [1.29, 1.82) is 0 Å². The lowest BCUT2D eigenvalue weighted by Crippen LogP contribution is -2.21. The Morgan fingerprint density at radius 1 is 0.893 bits per heavy atom. The normalized spacial score (nSPS) is 10.4. The number of hydrogen-bond acceptors (Lipinski definition) is 4. The highest BCUT2D eigenvalue weighted by atomic mass is 16.1. The van der Waals surface area contributed by atoms with E-state index in [1.807, 2.05) is 55.5 Å². The van der Waals surface area contributed by atoms with E-state index in [9.17, 15) is 4.79 Å². The first kappa shape index (κ1) is 19.4. The molecule has 2 aromatic carbocycles. The van der Waals surface area contributed by atoms with Crippen molar-refractivity contribution < 1.29 is 4.79 Å². The summed E-state index contributed by atoms with van der Waals surface area (Å²) < 4.78 is 0. The highest BCUT2D eigenvalue weighted by Gasteiger charge is 2.06. The highest BCUT2D eigenvalue weighted by Crippen LogP contribution is 2.21. The second kappa shape index (κ2) is 9.04. The van der Waals surface area contributed by atoms with Gasteiger partial charge in [0.15, 0.2) is 0 Å². The van der Waals surface area contributed by atoms with Gasteiger partial charge in [0.1, 0.15) is 5.82 Å². The first-order valence-electron chi connectivity index (χ1n) is 9.55. The maximum Gasteiger partial charge on any atom is 0.255 e. The average molecular weight is 374 g/mol. The molecule has 0 bridgehead atoms. The monoisotopic (exact) mass is 374 g/mol. The maximum absolute atomic E-state index is 12.3. The van der Waals surface area contributed by atoms with Crippen LogP contribution in [0.15, 0.2) is 66.9 Å². The Hall–Kier alpha value is -3.34. The molecule has 3 rings (SSSR count). The van der Waals surface area contributed by atoms with Gasteiger partial charge in [-0.3, -0.25) is 4.79 Å². The molecule has 144 valence electrons. The summed E-state index contributed by atoms with van der Waals surface area (Å²) in [5, 5.41) is 6.15. The quantitative estimate of drug-likeness (QED) is 0.594. The van der Waals surface area contributed by atoms with Crippen molar-refractivity contribution in [3.05, 3.63) is 78.0 Å². The summed E-state index contributed by atoms with van der Waals surface area (Å²) in [6, 6.07) is 19.5. The molecule has 0 radical (unpaired) electrons. The van der Waals surface area contributed by atoms with E-state index in [0.717, 1.165) is 30.2 Å². The van der Waals surface area contributed by atoms with Crippen LogP contribution in [0.25, 0.3) is 0 Å². The lowest BCUT2D eigenvalue weighted by Gasteiger charge is -2.21. The van der Waals surface area contributed by atoms with Gasteiger partial charge in [0.2, 0.25) is 0 Å². The molecule has 1 heterocycles. The van der Waals surface area contributed by atoms with E-state index in [0.29, 0.717) is 11.3 Å². The van der Waals surface area contributed by atoms with Crippen LogP contribution < -0.4 is 15.5 Å². The highest BCUT2D eigenvalue weighted by molar-refractivity contribution is 6.04. The number of nitrogens with one attached hydrogen (secondary N) is 2. The fourth-order valence-corrected chi connectivity index (χ4v) is 2.94. The number of benzene rings is 2. The SMILES string of the molecule is CCN(CC)c1ccc(Nc2ccc(NC(=O)c3ccc(C)cc3)cn2)cc1. The fraction of sp³-hybridized carbons (Fsp3) is 0.217. The lowest BCUT2D eigenvalue weighted by molar-refractivity contribution is 0.102. The number of carbonyl (C=O) groups excluding carboxylic acids is 1. The van der Waals surface area contributed by atoms with Crippen molar-refractivity contribution in [2.75, 3.05) is 28.6 Å². The Bertz CT molecular complexity index is 899. The van der Waals surface area contributed by atoms with Crippen LogP contribution in [0.4, 0.5) is 22.9 Å². The van der Waals surface area contributed by atoms with Gasteiger partial charge in [-0.15, -0.1) is 0 Å². The van der Waals surface area contributed by atoms with E-state index in [4.69, 9.17) is 0 Å². The third-order valence-corrected chi connectivity index (χ3v) is 4.60. The van der Waals surface area contributed by atoms with Crippen molar-refractivity contribution in [3.8, 4) is 0 Å². The minimum Gasteiger partial charge on any atom is -0.372 e. The van der Waals surface area contributed by atoms with E-state index in [-0.39, 0.29) is 5.91 Å². The van der Waals surface area contributed by atoms with E-state index in [2.05, 4.69) is 46.5 Å². The molecule has 5 heteroatoms. The minimum absolute atomic E-state index is 0.144. The zero-order chi connectivity index (χ0) is 19.9. The molecule has 0 fully saturated rings. The molecule has 1 amide bonds. The van der Waals surface area contributed by atoms with E-state index in [1.165, 1.54) is 5.69 Å². The molecule has 0 saturated carbocycles. The van der Waals surface area contributed by atoms with Crippen LogP contribution in [0.3, 0.4) is 0 Å². The van der Waals surface area contributed by atoms with Crippen molar-refractivity contribution >= 4 is 28.8 Å². The molecule has 0 aliphatic heterocycles. The molecular formula is C23H26N4O. The zero-order valence-corrected chi connectivity index (χ0v) is 16.6. The number of pyridine rings is 1. The van der Waals surface area contributed by atoms with Gasteiger partial charge in [0.05, 0.1) is 11.9 Å². The number of aromatic nitrogens is 1. The standard InChI is InChI=1S/C23H26N4O/c1-4-27(5-2)21-13-10-19(11-14-21)25-22-15-12-20(16-24-22)26-23(28)18-8-6-17(3)7-9-18/h6-16H,4-5H2,1-3H3,(H,24,25)(H,26,28). The second-order valence-electron chi connectivity index (χ2n) is 6.60. The topological polar surface area (TPSA) is 57.3 Å². The van der Waals surface area contributed by atoms with Gasteiger partial charge in [-0.25, -0.2) is 4.98 Å². The van der Waals surface area contributed by atoms with Crippen molar-refractivity contribution in [2.24, 2.45) is 0 Å². The van der Waals surface area contributed by atoms with Crippen LogP contribution in [-0.2, 0) is 0 Å². The molecule has 3 aromatic rings. The van der Waals surface area contributed by atoms with Crippen LogP contribution in [0.1, 0.15) is 29.8 Å². The molecule has 2 N–H and O–H groups in total. The predicted molar refractivity (Wildman–Crippen MR) is 117 cm³/mol. The van der Waals surface area contributed by atoms with Gasteiger partial charge < -0.3 is 15.5 Å². The van der Waals surface area contributed by atoms with Gasteiger partial charge >= 0.3 is 0 Å². The molecule has 5 nitrogen and oxygen atoms in total. The van der Waals surface area contributed by atoms with Gasteiger partial charge in [0, 0.05) is 30.0 Å². The Morgan fingerprint density at radius 2 is 1.54 bits per heavy atom. The first-order valence-corrected chi connectivity index (χ1v) is 9.55. The van der Waals surface area contributed by atoms with Crippen LogP contribution in [0.2, 0.25) is 0 Å². The lowest BCUT2D eigenvalue weighted by atomic mass is 10.1. The summed E-state index contributed by atoms with van der Waals surface area (Å²) in [4.78, 5) is 19.0. The van der Waals surface area contributed by atoms with Crippen LogP contribution in [0.5, 0.6) is 0 Å². The van der Waals surface area contributed by atoms with Crippen molar-refractivity contribution in [3.63, 3.8) is 0 Å². The Labute approximate surface area is 166 Å². The van der Waals surface area contributed by atoms with Crippen LogP contribution >= 0.6 is 0 Å². The van der Waals surface area contributed by atoms with Crippen LogP contribution in [-0.4, -0.2) is 24.0 Å². The van der Waals surface area contributed by atoms with Crippen LogP contribution in [0, 0.1) is 6.92 Å². The number of anilines is 4. The Morgan fingerprint density at radius 3 is 2.11 bits per heavy atom. The van der Waals surface area contributed by atoms with Crippen molar-refractivity contribution in [2.45, 2.75) is 20.8 Å². The number of hydrogen-bond donors (Lipinski definition) is 2. The number of amides is 1. The predicted octanol–water partition coefficient (Wildman–Crippen LogP) is 5.23. The molecular weight excluding hydrogens is 348 g/mol. The number of carbonyl (C=O) groups is 1. The average Bonchev–Trinajstić information content (AvgIpc) is 2.72. The Balaban J connectivity index is 1.61. The number of aryl methyl sites for hydroxylation is 1.